The summed E-state index contributed by atoms with van der Waals surface area (Å²) in [5.74, 6) is -0.588. The summed E-state index contributed by atoms with van der Waals surface area (Å²) < 4.78 is 41.5. The fourth-order valence-corrected chi connectivity index (χ4v) is 2.92. The van der Waals surface area contributed by atoms with Crippen LogP contribution in [0.4, 0.5) is 18.9 Å². The lowest BCUT2D eigenvalue weighted by atomic mass is 10.1. The lowest BCUT2D eigenvalue weighted by molar-refractivity contribution is -0.142. The highest BCUT2D eigenvalue weighted by atomic mass is 19.4. The minimum Gasteiger partial charge on any atom is -0.322 e. The maximum absolute atomic E-state index is 13.6. The summed E-state index contributed by atoms with van der Waals surface area (Å²) in [5.41, 5.74) is 0.938. The lowest BCUT2D eigenvalue weighted by Crippen LogP contribution is -2.15. The number of fused-ring (bicyclic) bond motifs is 1. The minimum atomic E-state index is -4.67. The number of amides is 1. The van der Waals surface area contributed by atoms with Crippen molar-refractivity contribution in [2.75, 3.05) is 5.32 Å². The molecule has 0 spiro atoms. The zero-order chi connectivity index (χ0) is 20.6. The Morgan fingerprint density at radius 3 is 2.38 bits per heavy atom. The standard InChI is InChI=1S/C21H15F3N4O/c1-13-7-9-15(10-8-13)26-20(29)16-12-25-28-18(21(22,23)24)11-17(27-19(16)28)14-5-3-2-4-6-14/h2-12H,1H3,(H,26,29). The van der Waals surface area contributed by atoms with E-state index in [2.05, 4.69) is 15.4 Å². The number of hydrogen-bond donors (Lipinski definition) is 1. The third-order valence-corrected chi connectivity index (χ3v) is 4.39. The topological polar surface area (TPSA) is 59.3 Å². The number of anilines is 1. The Labute approximate surface area is 163 Å². The summed E-state index contributed by atoms with van der Waals surface area (Å²) in [4.78, 5) is 17.0. The average molecular weight is 396 g/mol. The maximum Gasteiger partial charge on any atom is 0.433 e. The molecule has 0 fully saturated rings. The molecule has 1 amide bonds. The summed E-state index contributed by atoms with van der Waals surface area (Å²) in [6.07, 6.45) is -3.57. The summed E-state index contributed by atoms with van der Waals surface area (Å²) in [7, 11) is 0. The Balaban J connectivity index is 1.83. The first-order chi connectivity index (χ1) is 13.8. The number of alkyl halides is 3. The van der Waals surface area contributed by atoms with Crippen molar-refractivity contribution in [3.8, 4) is 11.3 Å². The number of benzene rings is 2. The van der Waals surface area contributed by atoms with Gasteiger partial charge in [-0.25, -0.2) is 9.50 Å². The van der Waals surface area contributed by atoms with Crippen LogP contribution in [-0.2, 0) is 6.18 Å². The van der Waals surface area contributed by atoms with Crippen molar-refractivity contribution >= 4 is 17.2 Å². The molecule has 4 rings (SSSR count). The number of nitrogens with one attached hydrogen (secondary N) is 1. The fourth-order valence-electron chi connectivity index (χ4n) is 2.92. The Morgan fingerprint density at radius 1 is 1.03 bits per heavy atom. The van der Waals surface area contributed by atoms with Gasteiger partial charge in [-0.2, -0.15) is 18.3 Å². The molecule has 8 heteroatoms. The van der Waals surface area contributed by atoms with Crippen LogP contribution in [0.2, 0.25) is 0 Å². The van der Waals surface area contributed by atoms with Gasteiger partial charge in [-0.3, -0.25) is 4.79 Å². The molecule has 0 unspecified atom stereocenters. The minimum absolute atomic E-state index is 0.0474. The third-order valence-electron chi connectivity index (χ3n) is 4.39. The molecule has 0 aliphatic heterocycles. The van der Waals surface area contributed by atoms with E-state index < -0.39 is 17.8 Å². The second kappa shape index (κ2) is 7.05. The van der Waals surface area contributed by atoms with Crippen LogP contribution in [0.15, 0.2) is 66.9 Å². The molecular weight excluding hydrogens is 381 g/mol. The van der Waals surface area contributed by atoms with E-state index in [1.165, 1.54) is 0 Å². The number of carbonyl (C=O) groups is 1. The van der Waals surface area contributed by atoms with Gasteiger partial charge in [0.1, 0.15) is 5.56 Å². The summed E-state index contributed by atoms with van der Waals surface area (Å²) in [6.45, 7) is 1.91. The molecule has 146 valence electrons. The largest absolute Gasteiger partial charge is 0.433 e. The summed E-state index contributed by atoms with van der Waals surface area (Å²) in [6, 6.07) is 16.5. The van der Waals surface area contributed by atoms with Crippen molar-refractivity contribution in [1.29, 1.82) is 0 Å². The smallest absolute Gasteiger partial charge is 0.322 e. The van der Waals surface area contributed by atoms with E-state index in [4.69, 9.17) is 0 Å². The number of aryl methyl sites for hydroxylation is 1. The molecule has 0 aliphatic carbocycles. The Kier molecular flexibility index (Phi) is 4.54. The first-order valence-electron chi connectivity index (χ1n) is 8.72. The van der Waals surface area contributed by atoms with Crippen LogP contribution in [-0.4, -0.2) is 20.5 Å². The highest BCUT2D eigenvalue weighted by Crippen LogP contribution is 2.32. The van der Waals surface area contributed by atoms with Crippen molar-refractivity contribution in [3.05, 3.63) is 83.7 Å². The SMILES string of the molecule is Cc1ccc(NC(=O)c2cnn3c(C(F)(F)F)cc(-c4ccccc4)nc23)cc1. The molecular formula is C21H15F3N4O. The van der Waals surface area contributed by atoms with E-state index in [0.29, 0.717) is 15.8 Å². The highest BCUT2D eigenvalue weighted by molar-refractivity contribution is 6.08. The second-order valence-electron chi connectivity index (χ2n) is 6.50. The molecule has 2 aromatic carbocycles. The molecule has 4 aromatic rings. The molecule has 0 bridgehead atoms. The van der Waals surface area contributed by atoms with E-state index in [1.54, 1.807) is 42.5 Å². The van der Waals surface area contributed by atoms with Crippen molar-refractivity contribution in [3.63, 3.8) is 0 Å². The lowest BCUT2D eigenvalue weighted by Gasteiger charge is -2.11. The molecule has 2 aromatic heterocycles. The monoisotopic (exact) mass is 396 g/mol. The normalized spacial score (nSPS) is 11.6. The van der Waals surface area contributed by atoms with Crippen LogP contribution in [0, 0.1) is 6.92 Å². The van der Waals surface area contributed by atoms with Crippen molar-refractivity contribution in [1.82, 2.24) is 14.6 Å². The number of nitrogens with zero attached hydrogens (tertiary/aromatic N) is 3. The zero-order valence-corrected chi connectivity index (χ0v) is 15.2. The zero-order valence-electron chi connectivity index (χ0n) is 15.2. The molecule has 0 atom stereocenters. The molecule has 5 nitrogen and oxygen atoms in total. The predicted octanol–water partition coefficient (Wildman–Crippen LogP) is 4.98. The number of halogens is 3. The van der Waals surface area contributed by atoms with Crippen molar-refractivity contribution in [2.45, 2.75) is 13.1 Å². The number of aromatic nitrogens is 3. The number of hydrogen-bond acceptors (Lipinski definition) is 3. The molecule has 0 saturated carbocycles. The van der Waals surface area contributed by atoms with Crippen LogP contribution < -0.4 is 5.32 Å². The van der Waals surface area contributed by atoms with Crippen molar-refractivity contribution in [2.24, 2.45) is 0 Å². The summed E-state index contributed by atoms with van der Waals surface area (Å²) in [5, 5.41) is 6.44. The van der Waals surface area contributed by atoms with Gasteiger partial charge in [0, 0.05) is 11.3 Å². The first-order valence-corrected chi connectivity index (χ1v) is 8.72. The van der Waals surface area contributed by atoms with Gasteiger partial charge in [-0.15, -0.1) is 0 Å². The van der Waals surface area contributed by atoms with Crippen LogP contribution >= 0.6 is 0 Å². The van der Waals surface area contributed by atoms with E-state index in [1.807, 2.05) is 19.1 Å². The van der Waals surface area contributed by atoms with E-state index in [0.717, 1.165) is 17.8 Å². The van der Waals surface area contributed by atoms with Gasteiger partial charge in [-0.05, 0) is 25.1 Å². The molecule has 1 N–H and O–H groups in total. The van der Waals surface area contributed by atoms with Gasteiger partial charge in [-0.1, -0.05) is 48.0 Å². The van der Waals surface area contributed by atoms with Gasteiger partial charge in [0.25, 0.3) is 5.91 Å². The van der Waals surface area contributed by atoms with E-state index >= 15 is 0 Å². The Hall–Kier alpha value is -3.68. The second-order valence-corrected chi connectivity index (χ2v) is 6.50. The Bertz CT molecular complexity index is 1180. The van der Waals surface area contributed by atoms with Gasteiger partial charge in [0.2, 0.25) is 0 Å². The van der Waals surface area contributed by atoms with Gasteiger partial charge in [0.15, 0.2) is 11.3 Å². The molecule has 29 heavy (non-hydrogen) atoms. The van der Waals surface area contributed by atoms with Gasteiger partial charge < -0.3 is 5.32 Å². The van der Waals surface area contributed by atoms with Crippen LogP contribution in [0.1, 0.15) is 21.6 Å². The average Bonchev–Trinajstić information content (AvgIpc) is 3.13. The molecule has 0 saturated heterocycles. The van der Waals surface area contributed by atoms with Crippen LogP contribution in [0.25, 0.3) is 16.9 Å². The van der Waals surface area contributed by atoms with Crippen molar-refractivity contribution < 1.29 is 18.0 Å². The first kappa shape index (κ1) is 18.7. The predicted molar refractivity (Wildman–Crippen MR) is 103 cm³/mol. The fraction of sp³-hybridized carbons (Fsp3) is 0.0952. The molecule has 0 aliphatic rings. The quantitative estimate of drug-likeness (QED) is 0.532. The van der Waals surface area contributed by atoms with Gasteiger partial charge >= 0.3 is 6.18 Å². The van der Waals surface area contributed by atoms with E-state index in [-0.39, 0.29) is 16.9 Å². The maximum atomic E-state index is 13.6. The van der Waals surface area contributed by atoms with Gasteiger partial charge in [0.05, 0.1) is 11.9 Å². The highest BCUT2D eigenvalue weighted by Gasteiger charge is 2.36. The summed E-state index contributed by atoms with van der Waals surface area (Å²) >= 11 is 0. The third kappa shape index (κ3) is 3.69. The van der Waals surface area contributed by atoms with E-state index in [9.17, 15) is 18.0 Å². The van der Waals surface area contributed by atoms with Crippen LogP contribution in [0.5, 0.6) is 0 Å². The molecule has 0 radical (unpaired) electrons. The number of carbonyl (C=O) groups excluding carboxylic acids is 1. The van der Waals surface area contributed by atoms with Crippen LogP contribution in [0.3, 0.4) is 0 Å². The number of rotatable bonds is 3. The Morgan fingerprint density at radius 2 is 1.72 bits per heavy atom. The molecule has 2 heterocycles.